The zero-order chi connectivity index (χ0) is 16.3. The summed E-state index contributed by atoms with van der Waals surface area (Å²) in [6, 6.07) is 6.47. The molecule has 22 heavy (non-hydrogen) atoms. The minimum atomic E-state index is 0.155. The number of aryl methyl sites for hydroxylation is 1. The van der Waals surface area contributed by atoms with E-state index in [1.807, 2.05) is 0 Å². The van der Waals surface area contributed by atoms with Crippen LogP contribution < -0.4 is 4.74 Å². The van der Waals surface area contributed by atoms with Gasteiger partial charge in [0.25, 0.3) is 0 Å². The standard InChI is InChI=1S/C20H30O2/c1-14(2)16-13-15(9-11-19(16)22-5)8-10-17-18(21)7-6-12-20(17,3)4/h9,11,13-14,17H,6-8,10,12H2,1-5H3. The average molecular weight is 302 g/mol. The zero-order valence-electron chi connectivity index (χ0n) is 14.7. The van der Waals surface area contributed by atoms with Gasteiger partial charge in [0.15, 0.2) is 0 Å². The molecule has 0 aromatic heterocycles. The Morgan fingerprint density at radius 2 is 2.05 bits per heavy atom. The molecule has 122 valence electrons. The Hall–Kier alpha value is -1.31. The summed E-state index contributed by atoms with van der Waals surface area (Å²) in [5.41, 5.74) is 2.73. The fourth-order valence-electron chi connectivity index (χ4n) is 3.76. The third kappa shape index (κ3) is 3.71. The van der Waals surface area contributed by atoms with Gasteiger partial charge in [-0.25, -0.2) is 0 Å². The first kappa shape index (κ1) is 17.1. The molecule has 1 aliphatic rings. The number of Topliss-reactive ketones (excluding diaryl/α,β-unsaturated/α-hetero) is 1. The molecule has 2 nitrogen and oxygen atoms in total. The first-order valence-electron chi connectivity index (χ1n) is 8.54. The number of benzene rings is 1. The van der Waals surface area contributed by atoms with Crippen LogP contribution in [0.3, 0.4) is 0 Å². The summed E-state index contributed by atoms with van der Waals surface area (Å²) in [5, 5.41) is 0. The van der Waals surface area contributed by atoms with Crippen molar-refractivity contribution in [1.82, 2.24) is 0 Å². The fourth-order valence-corrected chi connectivity index (χ4v) is 3.76. The number of rotatable bonds is 5. The molecule has 1 aromatic carbocycles. The molecule has 1 aliphatic carbocycles. The third-order valence-corrected chi connectivity index (χ3v) is 5.21. The molecule has 0 spiro atoms. The monoisotopic (exact) mass is 302 g/mol. The lowest BCUT2D eigenvalue weighted by Gasteiger charge is -2.37. The van der Waals surface area contributed by atoms with Crippen LogP contribution in [0, 0.1) is 11.3 Å². The predicted octanol–water partition coefficient (Wildman–Crippen LogP) is 5.15. The molecule has 1 atom stereocenters. The maximum atomic E-state index is 12.3. The minimum Gasteiger partial charge on any atom is -0.496 e. The van der Waals surface area contributed by atoms with Crippen molar-refractivity contribution in [2.45, 2.75) is 65.7 Å². The number of hydrogen-bond donors (Lipinski definition) is 0. The van der Waals surface area contributed by atoms with Crippen molar-refractivity contribution in [3.63, 3.8) is 0 Å². The van der Waals surface area contributed by atoms with Crippen LogP contribution in [0.5, 0.6) is 5.75 Å². The number of carbonyl (C=O) groups excluding carboxylic acids is 1. The first-order chi connectivity index (χ1) is 10.3. The van der Waals surface area contributed by atoms with Crippen molar-refractivity contribution < 1.29 is 9.53 Å². The highest BCUT2D eigenvalue weighted by Gasteiger charge is 2.37. The maximum Gasteiger partial charge on any atom is 0.136 e. The Morgan fingerprint density at radius 3 is 2.64 bits per heavy atom. The summed E-state index contributed by atoms with van der Waals surface area (Å²) in [5.74, 6) is 2.09. The van der Waals surface area contributed by atoms with E-state index in [1.54, 1.807) is 7.11 Å². The lowest BCUT2D eigenvalue weighted by Crippen LogP contribution is -2.35. The van der Waals surface area contributed by atoms with Gasteiger partial charge in [-0.1, -0.05) is 39.8 Å². The molecule has 1 aromatic rings. The summed E-state index contributed by atoms with van der Waals surface area (Å²) in [7, 11) is 1.73. The van der Waals surface area contributed by atoms with Gasteiger partial charge in [0.2, 0.25) is 0 Å². The second-order valence-corrected chi connectivity index (χ2v) is 7.63. The van der Waals surface area contributed by atoms with E-state index < -0.39 is 0 Å². The Balaban J connectivity index is 2.11. The van der Waals surface area contributed by atoms with E-state index in [0.717, 1.165) is 31.4 Å². The van der Waals surface area contributed by atoms with E-state index in [0.29, 0.717) is 11.7 Å². The van der Waals surface area contributed by atoms with Crippen LogP contribution in [0.1, 0.15) is 70.4 Å². The third-order valence-electron chi connectivity index (χ3n) is 5.21. The SMILES string of the molecule is COc1ccc(CCC2C(=O)CCCC2(C)C)cc1C(C)C. The van der Waals surface area contributed by atoms with Gasteiger partial charge < -0.3 is 4.74 Å². The number of ether oxygens (including phenoxy) is 1. The van der Waals surface area contributed by atoms with E-state index in [1.165, 1.54) is 17.5 Å². The molecular formula is C20H30O2. The first-order valence-corrected chi connectivity index (χ1v) is 8.54. The van der Waals surface area contributed by atoms with Gasteiger partial charge in [-0.05, 0) is 54.2 Å². The van der Waals surface area contributed by atoms with E-state index in [-0.39, 0.29) is 11.3 Å². The topological polar surface area (TPSA) is 26.3 Å². The predicted molar refractivity (Wildman–Crippen MR) is 91.5 cm³/mol. The molecule has 0 N–H and O–H groups in total. The van der Waals surface area contributed by atoms with Crippen LogP contribution in [-0.2, 0) is 11.2 Å². The summed E-state index contributed by atoms with van der Waals surface area (Å²) in [6.07, 6.45) is 4.94. The van der Waals surface area contributed by atoms with Crippen LogP contribution in [0.2, 0.25) is 0 Å². The largest absolute Gasteiger partial charge is 0.496 e. The normalized spacial score (nSPS) is 21.2. The molecule has 2 heteroatoms. The van der Waals surface area contributed by atoms with Crippen molar-refractivity contribution in [3.8, 4) is 5.75 Å². The van der Waals surface area contributed by atoms with Crippen molar-refractivity contribution in [2.24, 2.45) is 11.3 Å². The molecule has 0 heterocycles. The number of methoxy groups -OCH3 is 1. The number of carbonyl (C=O) groups is 1. The van der Waals surface area contributed by atoms with Crippen molar-refractivity contribution in [2.75, 3.05) is 7.11 Å². The van der Waals surface area contributed by atoms with Crippen molar-refractivity contribution in [1.29, 1.82) is 0 Å². The van der Waals surface area contributed by atoms with E-state index in [9.17, 15) is 4.79 Å². The maximum absolute atomic E-state index is 12.3. The second kappa shape index (κ2) is 6.85. The van der Waals surface area contributed by atoms with Crippen LogP contribution in [0.15, 0.2) is 18.2 Å². The molecule has 1 unspecified atom stereocenters. The highest BCUT2D eigenvalue weighted by Crippen LogP contribution is 2.41. The molecule has 0 bridgehead atoms. The highest BCUT2D eigenvalue weighted by molar-refractivity contribution is 5.82. The number of hydrogen-bond acceptors (Lipinski definition) is 2. The van der Waals surface area contributed by atoms with Gasteiger partial charge in [0.1, 0.15) is 11.5 Å². The van der Waals surface area contributed by atoms with Gasteiger partial charge >= 0.3 is 0 Å². The van der Waals surface area contributed by atoms with Crippen LogP contribution in [-0.4, -0.2) is 12.9 Å². The molecular weight excluding hydrogens is 272 g/mol. The van der Waals surface area contributed by atoms with Crippen LogP contribution in [0.25, 0.3) is 0 Å². The summed E-state index contributed by atoms with van der Waals surface area (Å²) >= 11 is 0. The molecule has 1 fully saturated rings. The van der Waals surface area contributed by atoms with Crippen LogP contribution >= 0.6 is 0 Å². The van der Waals surface area contributed by atoms with Crippen molar-refractivity contribution >= 4 is 5.78 Å². The second-order valence-electron chi connectivity index (χ2n) is 7.63. The Morgan fingerprint density at radius 1 is 1.32 bits per heavy atom. The quantitative estimate of drug-likeness (QED) is 0.752. The summed E-state index contributed by atoms with van der Waals surface area (Å²) < 4.78 is 5.45. The lowest BCUT2D eigenvalue weighted by atomic mass is 9.66. The molecule has 1 saturated carbocycles. The van der Waals surface area contributed by atoms with E-state index >= 15 is 0 Å². The van der Waals surface area contributed by atoms with E-state index in [2.05, 4.69) is 45.9 Å². The summed E-state index contributed by atoms with van der Waals surface area (Å²) in [4.78, 5) is 12.3. The molecule has 0 aliphatic heterocycles. The lowest BCUT2D eigenvalue weighted by molar-refractivity contribution is -0.129. The van der Waals surface area contributed by atoms with Gasteiger partial charge in [-0.3, -0.25) is 4.79 Å². The number of ketones is 1. The molecule has 0 saturated heterocycles. The van der Waals surface area contributed by atoms with Crippen LogP contribution in [0.4, 0.5) is 0 Å². The van der Waals surface area contributed by atoms with Gasteiger partial charge in [0.05, 0.1) is 7.11 Å². The summed E-state index contributed by atoms with van der Waals surface area (Å²) in [6.45, 7) is 8.88. The Bertz CT molecular complexity index is 529. The van der Waals surface area contributed by atoms with Gasteiger partial charge in [-0.15, -0.1) is 0 Å². The molecule has 0 amide bonds. The average Bonchev–Trinajstić information content (AvgIpc) is 2.45. The van der Waals surface area contributed by atoms with Gasteiger partial charge in [-0.2, -0.15) is 0 Å². The highest BCUT2D eigenvalue weighted by atomic mass is 16.5. The zero-order valence-corrected chi connectivity index (χ0v) is 14.7. The van der Waals surface area contributed by atoms with E-state index in [4.69, 9.17) is 4.74 Å². The Kier molecular flexibility index (Phi) is 5.31. The fraction of sp³-hybridized carbons (Fsp3) is 0.650. The minimum absolute atomic E-state index is 0.155. The Labute approximate surface area is 135 Å². The molecule has 2 rings (SSSR count). The van der Waals surface area contributed by atoms with Gasteiger partial charge in [0, 0.05) is 12.3 Å². The molecule has 0 radical (unpaired) electrons. The van der Waals surface area contributed by atoms with Crippen molar-refractivity contribution in [3.05, 3.63) is 29.3 Å². The smallest absolute Gasteiger partial charge is 0.136 e.